The van der Waals surface area contributed by atoms with Gasteiger partial charge in [0.15, 0.2) is 6.61 Å². The number of amides is 1. The van der Waals surface area contributed by atoms with Gasteiger partial charge in [-0.1, -0.05) is 0 Å². The Labute approximate surface area is 166 Å². The van der Waals surface area contributed by atoms with Crippen LogP contribution in [0.3, 0.4) is 0 Å². The first-order chi connectivity index (χ1) is 14.2. The number of hydrogen-bond donors (Lipinski definition) is 0. The van der Waals surface area contributed by atoms with Crippen LogP contribution in [0.1, 0.15) is 34.1 Å². The molecule has 0 spiro atoms. The highest BCUT2D eigenvalue weighted by Crippen LogP contribution is 2.33. The molecule has 148 valence electrons. The Morgan fingerprint density at radius 1 is 1.17 bits per heavy atom. The van der Waals surface area contributed by atoms with E-state index in [1.807, 2.05) is 24.3 Å². The average molecular weight is 394 g/mol. The Bertz CT molecular complexity index is 1010. The lowest BCUT2D eigenvalue weighted by molar-refractivity contribution is -0.136. The second-order valence-corrected chi connectivity index (χ2v) is 6.34. The molecule has 8 nitrogen and oxygen atoms in total. The van der Waals surface area contributed by atoms with Crippen molar-refractivity contribution < 1.29 is 27.9 Å². The van der Waals surface area contributed by atoms with Crippen molar-refractivity contribution >= 4 is 17.6 Å². The van der Waals surface area contributed by atoms with E-state index in [1.54, 1.807) is 25.5 Å². The molecule has 0 aliphatic carbocycles. The molecule has 3 heterocycles. The summed E-state index contributed by atoms with van der Waals surface area (Å²) in [5.74, 6) is 0.243. The third kappa shape index (κ3) is 3.91. The predicted molar refractivity (Wildman–Crippen MR) is 101 cm³/mol. The van der Waals surface area contributed by atoms with Crippen molar-refractivity contribution in [3.63, 3.8) is 0 Å². The summed E-state index contributed by atoms with van der Waals surface area (Å²) < 4.78 is 20.6. The third-order valence-electron chi connectivity index (χ3n) is 4.54. The number of esters is 1. The molecule has 0 bridgehead atoms. The van der Waals surface area contributed by atoms with E-state index in [-0.39, 0.29) is 5.56 Å². The maximum absolute atomic E-state index is 12.8. The van der Waals surface area contributed by atoms with E-state index in [0.717, 1.165) is 17.0 Å². The first-order valence-corrected chi connectivity index (χ1v) is 8.92. The number of carbonyl (C=O) groups excluding carboxylic acids is 2. The lowest BCUT2D eigenvalue weighted by Crippen LogP contribution is -2.31. The van der Waals surface area contributed by atoms with Crippen LogP contribution < -0.4 is 4.74 Å². The summed E-state index contributed by atoms with van der Waals surface area (Å²) in [6, 6.07) is 12.0. The second kappa shape index (κ2) is 8.05. The molecule has 0 saturated carbocycles. The molecule has 1 aromatic carbocycles. The second-order valence-electron chi connectivity index (χ2n) is 6.34. The molecular formula is C21H18N2O6. The van der Waals surface area contributed by atoms with E-state index < -0.39 is 24.5 Å². The summed E-state index contributed by atoms with van der Waals surface area (Å²) >= 11 is 0. The fourth-order valence-electron chi connectivity index (χ4n) is 3.06. The Morgan fingerprint density at radius 3 is 2.66 bits per heavy atom. The van der Waals surface area contributed by atoms with Crippen LogP contribution in [-0.4, -0.2) is 36.3 Å². The molecular weight excluding hydrogens is 376 g/mol. The average Bonchev–Trinajstić information content (AvgIpc) is 3.52. The molecule has 29 heavy (non-hydrogen) atoms. The summed E-state index contributed by atoms with van der Waals surface area (Å²) in [4.78, 5) is 24.7. The van der Waals surface area contributed by atoms with E-state index >= 15 is 0 Å². The molecule has 8 heteroatoms. The molecule has 1 unspecified atom stereocenters. The minimum absolute atomic E-state index is 0.240. The number of carbonyl (C=O) groups is 2. The Hall–Kier alpha value is -3.81. The van der Waals surface area contributed by atoms with Gasteiger partial charge in [0.2, 0.25) is 0 Å². The Morgan fingerprint density at radius 2 is 2.00 bits per heavy atom. The van der Waals surface area contributed by atoms with Gasteiger partial charge >= 0.3 is 5.97 Å². The van der Waals surface area contributed by atoms with Gasteiger partial charge in [0, 0.05) is 6.42 Å². The normalized spacial score (nSPS) is 15.8. The number of hydrazone groups is 1. The number of furan rings is 2. The molecule has 0 radical (unpaired) electrons. The maximum Gasteiger partial charge on any atom is 0.341 e. The molecule has 0 fully saturated rings. The number of methoxy groups -OCH3 is 1. The molecule has 1 amide bonds. The number of rotatable bonds is 6. The Balaban J connectivity index is 1.52. The Kier molecular flexibility index (Phi) is 5.15. The summed E-state index contributed by atoms with van der Waals surface area (Å²) in [5.41, 5.74) is 1.83. The van der Waals surface area contributed by atoms with E-state index in [0.29, 0.717) is 12.2 Å². The molecule has 0 N–H and O–H groups in total. The maximum atomic E-state index is 12.8. The minimum Gasteiger partial charge on any atom is -0.497 e. The number of nitrogens with zero attached hydrogens (tertiary/aromatic N) is 2. The van der Waals surface area contributed by atoms with Crippen molar-refractivity contribution in [2.45, 2.75) is 12.5 Å². The SMILES string of the molecule is COc1ccc(C2=NN(C(=O)COC(=O)c3ccoc3)C(c3ccco3)C2)cc1. The highest BCUT2D eigenvalue weighted by atomic mass is 16.5. The topological polar surface area (TPSA) is 94.5 Å². The van der Waals surface area contributed by atoms with Gasteiger partial charge in [0.25, 0.3) is 5.91 Å². The number of hydrogen-bond acceptors (Lipinski definition) is 7. The molecule has 1 aliphatic rings. The van der Waals surface area contributed by atoms with Crippen LogP contribution in [-0.2, 0) is 9.53 Å². The monoisotopic (exact) mass is 394 g/mol. The molecule has 3 aromatic rings. The van der Waals surface area contributed by atoms with Crippen molar-refractivity contribution in [2.24, 2.45) is 5.10 Å². The zero-order valence-electron chi connectivity index (χ0n) is 15.6. The first-order valence-electron chi connectivity index (χ1n) is 8.92. The summed E-state index contributed by atoms with van der Waals surface area (Å²) in [5, 5.41) is 5.79. The standard InChI is InChI=1S/C21H18N2O6/c1-26-16-6-4-14(5-7-16)17-11-18(19-3-2-9-28-19)23(22-17)20(24)13-29-21(25)15-8-10-27-12-15/h2-10,12,18H,11,13H2,1H3. The third-order valence-corrected chi connectivity index (χ3v) is 4.54. The van der Waals surface area contributed by atoms with Crippen molar-refractivity contribution in [3.8, 4) is 5.75 Å². The minimum atomic E-state index is -0.639. The van der Waals surface area contributed by atoms with E-state index in [1.165, 1.54) is 23.6 Å². The van der Waals surface area contributed by atoms with Crippen LogP contribution in [0.4, 0.5) is 0 Å². The van der Waals surface area contributed by atoms with E-state index in [9.17, 15) is 9.59 Å². The zero-order chi connectivity index (χ0) is 20.2. The van der Waals surface area contributed by atoms with Crippen LogP contribution in [0.2, 0.25) is 0 Å². The molecule has 4 rings (SSSR count). The quantitative estimate of drug-likeness (QED) is 0.595. The highest BCUT2D eigenvalue weighted by molar-refractivity contribution is 6.03. The van der Waals surface area contributed by atoms with Crippen molar-refractivity contribution in [2.75, 3.05) is 13.7 Å². The molecule has 2 aromatic heterocycles. The van der Waals surface area contributed by atoms with Crippen molar-refractivity contribution in [1.29, 1.82) is 0 Å². The lowest BCUT2D eigenvalue weighted by atomic mass is 10.0. The molecule has 1 aliphatic heterocycles. The zero-order valence-corrected chi connectivity index (χ0v) is 15.6. The predicted octanol–water partition coefficient (Wildman–Crippen LogP) is 3.42. The van der Waals surface area contributed by atoms with Gasteiger partial charge in [-0.3, -0.25) is 4.79 Å². The van der Waals surface area contributed by atoms with Crippen LogP contribution in [0, 0.1) is 0 Å². The van der Waals surface area contributed by atoms with E-state index in [4.69, 9.17) is 18.3 Å². The highest BCUT2D eigenvalue weighted by Gasteiger charge is 2.35. The van der Waals surface area contributed by atoms with Crippen LogP contribution in [0.15, 0.2) is 75.2 Å². The number of ether oxygens (including phenoxy) is 2. The van der Waals surface area contributed by atoms with Gasteiger partial charge in [0.05, 0.1) is 30.9 Å². The largest absolute Gasteiger partial charge is 0.497 e. The van der Waals surface area contributed by atoms with Crippen LogP contribution in [0.25, 0.3) is 0 Å². The molecule has 1 atom stereocenters. The lowest BCUT2D eigenvalue weighted by Gasteiger charge is -2.19. The van der Waals surface area contributed by atoms with Crippen LogP contribution >= 0.6 is 0 Å². The van der Waals surface area contributed by atoms with Crippen molar-refractivity contribution in [3.05, 3.63) is 78.1 Å². The fraction of sp³-hybridized carbons (Fsp3) is 0.190. The van der Waals surface area contributed by atoms with Crippen molar-refractivity contribution in [1.82, 2.24) is 5.01 Å². The smallest absolute Gasteiger partial charge is 0.341 e. The van der Waals surface area contributed by atoms with Gasteiger partial charge in [-0.05, 0) is 48.0 Å². The first kappa shape index (κ1) is 18.5. The van der Waals surface area contributed by atoms with Crippen LogP contribution in [0.5, 0.6) is 5.75 Å². The fourth-order valence-corrected chi connectivity index (χ4v) is 3.06. The summed E-state index contributed by atoms with van der Waals surface area (Å²) in [6.07, 6.45) is 4.63. The van der Waals surface area contributed by atoms with Gasteiger partial charge in [-0.25, -0.2) is 9.80 Å². The van der Waals surface area contributed by atoms with Gasteiger partial charge < -0.3 is 18.3 Å². The van der Waals surface area contributed by atoms with Gasteiger partial charge in [-0.2, -0.15) is 5.10 Å². The molecule has 0 saturated heterocycles. The number of benzene rings is 1. The van der Waals surface area contributed by atoms with Gasteiger partial charge in [-0.15, -0.1) is 0 Å². The summed E-state index contributed by atoms with van der Waals surface area (Å²) in [6.45, 7) is -0.444. The summed E-state index contributed by atoms with van der Waals surface area (Å²) in [7, 11) is 1.60. The van der Waals surface area contributed by atoms with Gasteiger partial charge in [0.1, 0.15) is 23.8 Å². The van der Waals surface area contributed by atoms with E-state index in [2.05, 4.69) is 5.10 Å².